The van der Waals surface area contributed by atoms with Crippen molar-refractivity contribution in [2.45, 2.75) is 47.5 Å². The Morgan fingerprint density at radius 2 is 0.593 bits per heavy atom. The highest BCUT2D eigenvalue weighted by molar-refractivity contribution is 6.83. The second-order valence-electron chi connectivity index (χ2n) is 5.00. The zero-order valence-corrected chi connectivity index (χ0v) is 25.0. The van der Waals surface area contributed by atoms with E-state index in [1.54, 1.807) is 0 Å². The predicted octanol–water partition coefficient (Wildman–Crippen LogP) is 11.0. The summed E-state index contributed by atoms with van der Waals surface area (Å²) in [5, 5.41) is 0. The highest BCUT2D eigenvalue weighted by atomic mass is 35.6. The molecule has 0 bridgehead atoms. The van der Waals surface area contributed by atoms with Crippen molar-refractivity contribution in [3.63, 3.8) is 0 Å². The minimum Gasteiger partial charge on any atom is -0.0982 e. The molecule has 0 amide bonds. The van der Waals surface area contributed by atoms with Gasteiger partial charge in [-0.2, -0.15) is 0 Å². The largest absolute Gasteiger partial charge is 0.226 e. The number of alkyl halides is 17. The lowest BCUT2D eigenvalue weighted by Gasteiger charge is -2.54. The average molecular weight is 728 g/mol. The molecule has 0 nitrogen and oxygen atoms in total. The molecule has 27 heavy (non-hydrogen) atoms. The fourth-order valence-electron chi connectivity index (χ4n) is 1.42. The second kappa shape index (κ2) is 9.53. The third-order valence-corrected chi connectivity index (χ3v) is 15.0. The van der Waals surface area contributed by atoms with Crippen LogP contribution in [-0.4, -0.2) is 34.1 Å². The van der Waals surface area contributed by atoms with Gasteiger partial charge < -0.3 is 0 Å². The van der Waals surface area contributed by atoms with E-state index >= 15 is 0 Å². The van der Waals surface area contributed by atoms with Crippen LogP contribution in [0.4, 0.5) is 0 Å². The van der Waals surface area contributed by atoms with Crippen LogP contribution < -0.4 is 0 Å². The third kappa shape index (κ3) is 5.15. The molecule has 0 aromatic rings. The summed E-state index contributed by atoms with van der Waals surface area (Å²) in [7, 11) is 0. The monoisotopic (exact) mass is 720 g/mol. The minimum absolute atomic E-state index is 0.0816. The summed E-state index contributed by atoms with van der Waals surface area (Å²) in [6.07, 6.45) is -0.0816. The lowest BCUT2D eigenvalue weighted by Crippen LogP contribution is -2.70. The van der Waals surface area contributed by atoms with Crippen molar-refractivity contribution in [2.75, 3.05) is 0 Å². The molecule has 0 fully saturated rings. The van der Waals surface area contributed by atoms with Crippen LogP contribution in [0.5, 0.6) is 0 Å². The van der Waals surface area contributed by atoms with Gasteiger partial charge in [0.15, 0.2) is 26.0 Å². The maximum absolute atomic E-state index is 6.24. The summed E-state index contributed by atoms with van der Waals surface area (Å²) in [6, 6.07) is 0. The molecule has 0 heterocycles. The Bertz CT molecular complexity index is 538. The molecule has 0 saturated heterocycles. The van der Waals surface area contributed by atoms with E-state index < -0.39 is 34.1 Å². The van der Waals surface area contributed by atoms with Gasteiger partial charge in [0.25, 0.3) is 0 Å². The maximum atomic E-state index is 6.24. The summed E-state index contributed by atoms with van der Waals surface area (Å²) >= 11 is 103. The van der Waals surface area contributed by atoms with Crippen molar-refractivity contribution < 1.29 is 0 Å². The molecule has 0 aliphatic carbocycles. The molecular formula is C10H5Cl17. The van der Waals surface area contributed by atoms with Gasteiger partial charge in [0.2, 0.25) is 8.13 Å². The number of hydrogen-bond acceptors (Lipinski definition) is 0. The van der Waals surface area contributed by atoms with E-state index in [2.05, 4.69) is 0 Å². The maximum Gasteiger partial charge on any atom is 0.226 e. The van der Waals surface area contributed by atoms with Crippen LogP contribution in [0.1, 0.15) is 13.3 Å². The Labute approximate surface area is 241 Å². The smallest absolute Gasteiger partial charge is 0.0982 e. The molecule has 0 aromatic carbocycles. The van der Waals surface area contributed by atoms with Crippen molar-refractivity contribution in [2.24, 2.45) is 0 Å². The van der Waals surface area contributed by atoms with Crippen molar-refractivity contribution in [3.8, 4) is 0 Å². The molecule has 0 unspecified atom stereocenters. The molecule has 17 heteroatoms. The average Bonchev–Trinajstić information content (AvgIpc) is 2.44. The Morgan fingerprint density at radius 1 is 0.370 bits per heavy atom. The predicted molar refractivity (Wildman–Crippen MR) is 132 cm³/mol. The van der Waals surface area contributed by atoms with Gasteiger partial charge in [-0.25, -0.2) is 0 Å². The highest BCUT2D eigenvalue weighted by Crippen LogP contribution is 2.72. The molecular weight excluding hydrogens is 723 g/mol. The number of halogens is 17. The van der Waals surface area contributed by atoms with Gasteiger partial charge in [-0.1, -0.05) is 204 Å². The normalized spacial score (nSPS) is 16.7. The fraction of sp³-hybridized carbons (Fsp3) is 1.00. The summed E-state index contributed by atoms with van der Waals surface area (Å²) < 4.78 is -21.3. The fourth-order valence-corrected chi connectivity index (χ4v) is 6.53. The van der Waals surface area contributed by atoms with Crippen molar-refractivity contribution >= 4 is 197 Å². The van der Waals surface area contributed by atoms with E-state index in [0.717, 1.165) is 0 Å². The topological polar surface area (TPSA) is 0 Å². The summed E-state index contributed by atoms with van der Waals surface area (Å²) in [6.45, 7) is 1.50. The zero-order chi connectivity index (χ0) is 22.7. The van der Waals surface area contributed by atoms with E-state index in [0.29, 0.717) is 0 Å². The van der Waals surface area contributed by atoms with Crippen molar-refractivity contribution in [3.05, 3.63) is 0 Å². The molecule has 0 aliphatic rings. The molecule has 0 spiro atoms. The molecule has 0 rings (SSSR count). The number of hydrogen-bond donors (Lipinski definition) is 0. The summed E-state index contributed by atoms with van der Waals surface area (Å²) in [4.78, 5) is 0. The van der Waals surface area contributed by atoms with Crippen LogP contribution in [0, 0.1) is 0 Å². The zero-order valence-electron chi connectivity index (χ0n) is 12.1. The lowest BCUT2D eigenvalue weighted by molar-refractivity contribution is 0.448. The van der Waals surface area contributed by atoms with Crippen LogP contribution in [0.3, 0.4) is 0 Å². The summed E-state index contributed by atoms with van der Waals surface area (Å²) in [5.74, 6) is 0. The minimum atomic E-state index is -2.92. The van der Waals surface area contributed by atoms with Gasteiger partial charge >= 0.3 is 0 Å². The standard InChI is InChI=1S/C10H5Cl17/c1-2-3(11,12)4(13,14)5(15,16)6(17,18)7(19,20)8(21,22)9(23,24)10(25,26)27/h2H2,1H3. The SMILES string of the molecule is CCC(Cl)(Cl)C(Cl)(Cl)C(Cl)(Cl)C(Cl)(Cl)C(Cl)(Cl)C(Cl)(Cl)C(Cl)(Cl)C(Cl)(Cl)Cl. The lowest BCUT2D eigenvalue weighted by atomic mass is 10.0. The quantitative estimate of drug-likeness (QED) is 0.229. The van der Waals surface area contributed by atoms with Gasteiger partial charge in [0, 0.05) is 0 Å². The first-order chi connectivity index (χ1) is 11.3. The van der Waals surface area contributed by atoms with E-state index in [9.17, 15) is 0 Å². The van der Waals surface area contributed by atoms with Crippen LogP contribution in [0.25, 0.3) is 0 Å². The Hall–Kier alpha value is 4.93. The van der Waals surface area contributed by atoms with E-state index in [1.165, 1.54) is 6.92 Å². The number of rotatable bonds is 7. The Kier molecular flexibility index (Phi) is 11.3. The Balaban J connectivity index is 6.65. The van der Waals surface area contributed by atoms with Gasteiger partial charge in [-0.3, -0.25) is 0 Å². The Morgan fingerprint density at radius 3 is 0.815 bits per heavy atom. The van der Waals surface area contributed by atoms with E-state index in [4.69, 9.17) is 197 Å². The van der Waals surface area contributed by atoms with Gasteiger partial charge in [-0.15, -0.1) is 0 Å². The van der Waals surface area contributed by atoms with Gasteiger partial charge in [0.05, 0.1) is 0 Å². The van der Waals surface area contributed by atoms with Crippen LogP contribution in [0.15, 0.2) is 0 Å². The van der Waals surface area contributed by atoms with Crippen molar-refractivity contribution in [1.82, 2.24) is 0 Å². The van der Waals surface area contributed by atoms with Crippen LogP contribution >= 0.6 is 197 Å². The second-order valence-corrected chi connectivity index (χ2v) is 16.7. The third-order valence-electron chi connectivity index (χ3n) is 3.23. The van der Waals surface area contributed by atoms with Gasteiger partial charge in [0.1, 0.15) is 0 Å². The molecule has 0 saturated carbocycles. The molecule has 164 valence electrons. The molecule has 0 aromatic heterocycles. The van der Waals surface area contributed by atoms with Crippen LogP contribution in [-0.2, 0) is 0 Å². The molecule has 0 atom stereocenters. The van der Waals surface area contributed by atoms with Crippen molar-refractivity contribution in [1.29, 1.82) is 0 Å². The molecule has 0 aliphatic heterocycles. The van der Waals surface area contributed by atoms with E-state index in [-0.39, 0.29) is 6.42 Å². The highest BCUT2D eigenvalue weighted by Gasteiger charge is 2.80. The molecule has 0 radical (unpaired) electrons. The van der Waals surface area contributed by atoms with E-state index in [1.807, 2.05) is 0 Å². The van der Waals surface area contributed by atoms with Gasteiger partial charge in [-0.05, 0) is 6.42 Å². The first-order valence-electron chi connectivity index (χ1n) is 6.02. The first kappa shape index (κ1) is 31.9. The summed E-state index contributed by atoms with van der Waals surface area (Å²) in [5.41, 5.74) is 0. The van der Waals surface area contributed by atoms with Crippen LogP contribution in [0.2, 0.25) is 0 Å². The first-order valence-corrected chi connectivity index (χ1v) is 12.4. The molecule has 0 N–H and O–H groups in total.